The fourth-order valence-electron chi connectivity index (χ4n) is 4.50. The smallest absolute Gasteiger partial charge is 0.322 e. The second kappa shape index (κ2) is 8.70. The van der Waals surface area contributed by atoms with Gasteiger partial charge in [0.1, 0.15) is 11.4 Å². The second-order valence-corrected chi connectivity index (χ2v) is 9.13. The molecule has 176 valence electrons. The number of urea groups is 1. The largest absolute Gasteiger partial charge is 0.381 e. The molecule has 0 unspecified atom stereocenters. The minimum absolute atomic E-state index is 0.196. The number of hydrogen-bond acceptors (Lipinski definition) is 3. The van der Waals surface area contributed by atoms with Crippen molar-refractivity contribution in [3.05, 3.63) is 64.5 Å². The number of piperidine rings is 1. The van der Waals surface area contributed by atoms with E-state index in [4.69, 9.17) is 0 Å². The first-order valence-electron chi connectivity index (χ1n) is 10.9. The number of nitrogens with one attached hydrogen (secondary N) is 1. The number of carbonyl (C=O) groups excluding carboxylic acids is 2. The molecule has 0 aliphatic carbocycles. The van der Waals surface area contributed by atoms with Crippen molar-refractivity contribution in [1.82, 2.24) is 9.80 Å². The molecule has 33 heavy (non-hydrogen) atoms. The molecule has 0 spiro atoms. The molecule has 3 amide bonds. The van der Waals surface area contributed by atoms with Gasteiger partial charge in [-0.1, -0.05) is 24.3 Å². The molecule has 2 heterocycles. The molecule has 2 N–H and O–H groups in total. The van der Waals surface area contributed by atoms with E-state index in [9.17, 15) is 27.9 Å². The van der Waals surface area contributed by atoms with Crippen LogP contribution in [0.3, 0.4) is 0 Å². The van der Waals surface area contributed by atoms with Crippen molar-refractivity contribution in [1.29, 1.82) is 0 Å². The van der Waals surface area contributed by atoms with Crippen molar-refractivity contribution in [3.8, 4) is 0 Å². The number of aliphatic hydroxyl groups is 1. The predicted molar refractivity (Wildman–Crippen MR) is 116 cm³/mol. The third kappa shape index (κ3) is 4.55. The normalized spacial score (nSPS) is 16.7. The Labute approximate surface area is 190 Å². The van der Waals surface area contributed by atoms with Crippen LogP contribution in [0.1, 0.15) is 49.3 Å². The summed E-state index contributed by atoms with van der Waals surface area (Å²) in [5.41, 5.74) is -0.532. The van der Waals surface area contributed by atoms with E-state index >= 15 is 0 Å². The van der Waals surface area contributed by atoms with Crippen molar-refractivity contribution in [2.45, 2.75) is 51.3 Å². The van der Waals surface area contributed by atoms with Crippen molar-refractivity contribution in [3.63, 3.8) is 0 Å². The number of hydrogen-bond donors (Lipinski definition) is 2. The maximum absolute atomic E-state index is 14.9. The highest BCUT2D eigenvalue weighted by Crippen LogP contribution is 2.36. The molecular formula is C24H26F3N3O3. The Bertz CT molecular complexity index is 1070. The molecule has 2 aliphatic heterocycles. The summed E-state index contributed by atoms with van der Waals surface area (Å²) in [5, 5.41) is 12.2. The minimum atomic E-state index is -1.54. The zero-order valence-electron chi connectivity index (χ0n) is 18.5. The van der Waals surface area contributed by atoms with E-state index in [1.165, 1.54) is 23.6 Å². The molecule has 2 aromatic carbocycles. The van der Waals surface area contributed by atoms with Gasteiger partial charge in [-0.3, -0.25) is 4.79 Å². The van der Waals surface area contributed by atoms with Crippen LogP contribution in [-0.4, -0.2) is 45.5 Å². The standard InChI is InChI=1S/C24H26F3N3O3/c1-24(2,33)22(31)29-9-7-14(8-10-29)19-17(25)11-18(20(26)21(19)27)28-23(32)30-12-15-5-3-4-6-16(15)13-30/h3-6,11,14,33H,7-10,12-13H2,1-2H3,(H,28,32). The maximum Gasteiger partial charge on any atom is 0.322 e. The molecule has 4 rings (SSSR count). The van der Waals surface area contributed by atoms with E-state index in [0.29, 0.717) is 13.1 Å². The summed E-state index contributed by atoms with van der Waals surface area (Å²) in [5.74, 6) is -4.67. The van der Waals surface area contributed by atoms with Crippen LogP contribution in [0.15, 0.2) is 30.3 Å². The maximum atomic E-state index is 14.9. The van der Waals surface area contributed by atoms with Gasteiger partial charge in [0.05, 0.1) is 5.69 Å². The molecule has 0 bridgehead atoms. The molecule has 2 aliphatic rings. The van der Waals surface area contributed by atoms with E-state index in [1.54, 1.807) is 0 Å². The number of rotatable bonds is 3. The van der Waals surface area contributed by atoms with Gasteiger partial charge in [-0.15, -0.1) is 0 Å². The Hall–Kier alpha value is -3.07. The van der Waals surface area contributed by atoms with Crippen LogP contribution in [0.2, 0.25) is 0 Å². The molecular weight excluding hydrogens is 435 g/mol. The lowest BCUT2D eigenvalue weighted by Crippen LogP contribution is -2.48. The van der Waals surface area contributed by atoms with E-state index < -0.39 is 46.6 Å². The Balaban J connectivity index is 1.46. The number of carbonyl (C=O) groups is 2. The number of benzene rings is 2. The summed E-state index contributed by atoms with van der Waals surface area (Å²) in [6, 6.07) is 7.65. The molecule has 0 atom stereocenters. The Morgan fingerprint density at radius 2 is 1.58 bits per heavy atom. The number of nitrogens with zero attached hydrogens (tertiary/aromatic N) is 2. The van der Waals surface area contributed by atoms with Crippen LogP contribution < -0.4 is 5.32 Å². The molecule has 9 heteroatoms. The molecule has 6 nitrogen and oxygen atoms in total. The lowest BCUT2D eigenvalue weighted by Gasteiger charge is -2.35. The SMILES string of the molecule is CC(C)(O)C(=O)N1CCC(c2c(F)cc(NC(=O)N3Cc4ccccc4C3)c(F)c2F)CC1. The molecule has 1 saturated heterocycles. The van der Waals surface area contributed by atoms with Gasteiger partial charge in [0, 0.05) is 37.8 Å². The Morgan fingerprint density at radius 3 is 2.12 bits per heavy atom. The third-order valence-electron chi connectivity index (χ3n) is 6.28. The summed E-state index contributed by atoms with van der Waals surface area (Å²) in [6.07, 6.45) is 0.458. The number of fused-ring (bicyclic) bond motifs is 1. The van der Waals surface area contributed by atoms with Gasteiger partial charge in [0.2, 0.25) is 0 Å². The van der Waals surface area contributed by atoms with E-state index in [1.807, 2.05) is 24.3 Å². The summed E-state index contributed by atoms with van der Waals surface area (Å²) < 4.78 is 44.6. The van der Waals surface area contributed by atoms with Crippen molar-refractivity contribution in [2.75, 3.05) is 18.4 Å². The van der Waals surface area contributed by atoms with Gasteiger partial charge in [-0.2, -0.15) is 0 Å². The van der Waals surface area contributed by atoms with E-state index in [-0.39, 0.29) is 31.5 Å². The van der Waals surface area contributed by atoms with Gasteiger partial charge in [0.15, 0.2) is 11.6 Å². The first-order chi connectivity index (χ1) is 15.6. The fourth-order valence-corrected chi connectivity index (χ4v) is 4.50. The van der Waals surface area contributed by atoms with Gasteiger partial charge in [-0.25, -0.2) is 18.0 Å². The first-order valence-corrected chi connectivity index (χ1v) is 10.9. The lowest BCUT2D eigenvalue weighted by atomic mass is 9.87. The zero-order valence-corrected chi connectivity index (χ0v) is 18.5. The molecule has 0 radical (unpaired) electrons. The quantitative estimate of drug-likeness (QED) is 0.676. The number of likely N-dealkylation sites (tertiary alicyclic amines) is 1. The average Bonchev–Trinajstić information content (AvgIpc) is 3.21. The zero-order chi connectivity index (χ0) is 23.9. The van der Waals surface area contributed by atoms with Crippen molar-refractivity contribution in [2.24, 2.45) is 0 Å². The van der Waals surface area contributed by atoms with Crippen LogP contribution >= 0.6 is 0 Å². The first kappa shape index (κ1) is 23.1. The van der Waals surface area contributed by atoms with E-state index in [0.717, 1.165) is 17.2 Å². The molecule has 2 aromatic rings. The average molecular weight is 461 g/mol. The highest BCUT2D eigenvalue weighted by Gasteiger charge is 2.35. The van der Waals surface area contributed by atoms with Gasteiger partial charge < -0.3 is 20.2 Å². The fraction of sp³-hybridized carbons (Fsp3) is 0.417. The minimum Gasteiger partial charge on any atom is -0.381 e. The highest BCUT2D eigenvalue weighted by molar-refractivity contribution is 5.90. The summed E-state index contributed by atoms with van der Waals surface area (Å²) >= 11 is 0. The monoisotopic (exact) mass is 461 g/mol. The van der Waals surface area contributed by atoms with Crippen LogP contribution in [-0.2, 0) is 17.9 Å². The number of amides is 3. The van der Waals surface area contributed by atoms with Crippen molar-refractivity contribution < 1.29 is 27.9 Å². The summed E-state index contributed by atoms with van der Waals surface area (Å²) in [7, 11) is 0. The number of anilines is 1. The topological polar surface area (TPSA) is 72.9 Å². The Morgan fingerprint density at radius 1 is 1.00 bits per heavy atom. The summed E-state index contributed by atoms with van der Waals surface area (Å²) in [6.45, 7) is 3.81. The second-order valence-electron chi connectivity index (χ2n) is 9.13. The van der Waals surface area contributed by atoms with Gasteiger partial charge in [0.25, 0.3) is 5.91 Å². The highest BCUT2D eigenvalue weighted by atomic mass is 19.2. The van der Waals surface area contributed by atoms with Crippen LogP contribution in [0.5, 0.6) is 0 Å². The van der Waals surface area contributed by atoms with Crippen LogP contribution in [0, 0.1) is 17.5 Å². The Kier molecular flexibility index (Phi) is 6.09. The molecule has 1 fully saturated rings. The van der Waals surface area contributed by atoms with E-state index in [2.05, 4.69) is 5.32 Å². The molecule has 0 aromatic heterocycles. The van der Waals surface area contributed by atoms with Crippen LogP contribution in [0.4, 0.5) is 23.7 Å². The van der Waals surface area contributed by atoms with Crippen LogP contribution in [0.25, 0.3) is 0 Å². The van der Waals surface area contributed by atoms with Gasteiger partial charge >= 0.3 is 6.03 Å². The third-order valence-corrected chi connectivity index (χ3v) is 6.28. The van der Waals surface area contributed by atoms with Gasteiger partial charge in [-0.05, 0) is 43.7 Å². The number of halogens is 3. The predicted octanol–water partition coefficient (Wildman–Crippen LogP) is 4.13. The summed E-state index contributed by atoms with van der Waals surface area (Å²) in [4.78, 5) is 27.6. The molecule has 0 saturated carbocycles. The lowest BCUT2D eigenvalue weighted by molar-refractivity contribution is -0.148. The van der Waals surface area contributed by atoms with Crippen molar-refractivity contribution >= 4 is 17.6 Å².